The summed E-state index contributed by atoms with van der Waals surface area (Å²) in [5.74, 6) is 0.660. The van der Waals surface area contributed by atoms with Gasteiger partial charge in [-0.15, -0.1) is 0 Å². The van der Waals surface area contributed by atoms with Crippen molar-refractivity contribution in [3.05, 3.63) is 57.7 Å². The number of hydroxylamine groups is 1. The van der Waals surface area contributed by atoms with Crippen molar-refractivity contribution in [3.8, 4) is 0 Å². The number of aliphatic imine (C=N–C) groups is 1. The Hall–Kier alpha value is -2.91. The quantitative estimate of drug-likeness (QED) is 0.366. The van der Waals surface area contributed by atoms with Crippen LogP contribution in [-0.4, -0.2) is 52.2 Å². The number of rotatable bonds is 3. The van der Waals surface area contributed by atoms with E-state index in [4.69, 9.17) is 11.6 Å². The van der Waals surface area contributed by atoms with Gasteiger partial charge in [0.2, 0.25) is 11.8 Å². The highest BCUT2D eigenvalue weighted by molar-refractivity contribution is 6.30. The van der Waals surface area contributed by atoms with E-state index in [1.54, 1.807) is 30.3 Å². The third kappa shape index (κ3) is 4.01. The first-order valence-electron chi connectivity index (χ1n) is 7.92. The van der Waals surface area contributed by atoms with E-state index in [9.17, 15) is 15.3 Å². The molecule has 3 rings (SSSR count). The van der Waals surface area contributed by atoms with Crippen LogP contribution in [0.25, 0.3) is 0 Å². The number of anilines is 1. The topological polar surface area (TPSA) is 107 Å². The highest BCUT2D eigenvalue weighted by Gasteiger charge is 2.25. The Morgan fingerprint density at radius 1 is 1.23 bits per heavy atom. The van der Waals surface area contributed by atoms with E-state index in [0.717, 1.165) is 0 Å². The van der Waals surface area contributed by atoms with Gasteiger partial charge < -0.3 is 9.80 Å². The number of piperazine rings is 1. The number of hydrogen-bond acceptors (Lipinski definition) is 6. The molecule has 2 heterocycles. The third-order valence-corrected chi connectivity index (χ3v) is 4.26. The van der Waals surface area contributed by atoms with Crippen LogP contribution in [0.1, 0.15) is 0 Å². The summed E-state index contributed by atoms with van der Waals surface area (Å²) in [4.78, 5) is 23.0. The molecule has 2 N–H and O–H groups in total. The number of hydrogen-bond donors (Lipinski definition) is 2. The molecule has 1 saturated heterocycles. The van der Waals surface area contributed by atoms with E-state index in [1.807, 2.05) is 9.80 Å². The minimum atomic E-state index is -0.433. The zero-order valence-corrected chi connectivity index (χ0v) is 14.5. The highest BCUT2D eigenvalue weighted by atomic mass is 35.5. The first-order valence-corrected chi connectivity index (χ1v) is 8.30. The monoisotopic (exact) mass is 376 g/mol. The predicted octanol–water partition coefficient (Wildman–Crippen LogP) is 2.43. The average molecular weight is 377 g/mol. The smallest absolute Gasteiger partial charge is 0.311 e. The normalized spacial score (nSPS) is 15.1. The zero-order valence-electron chi connectivity index (χ0n) is 13.7. The van der Waals surface area contributed by atoms with Crippen LogP contribution in [-0.2, 0) is 0 Å². The van der Waals surface area contributed by atoms with E-state index >= 15 is 0 Å². The van der Waals surface area contributed by atoms with E-state index in [1.165, 1.54) is 12.3 Å². The molecule has 0 atom stereocenters. The molecule has 0 bridgehead atoms. The summed E-state index contributed by atoms with van der Waals surface area (Å²) in [6, 6.07) is 9.91. The molecule has 0 unspecified atom stereocenters. The molecule has 9 nitrogen and oxygen atoms in total. The maximum Gasteiger partial charge on any atom is 0.311 e. The van der Waals surface area contributed by atoms with Gasteiger partial charge >= 0.3 is 5.69 Å². The largest absolute Gasteiger partial charge is 0.347 e. The van der Waals surface area contributed by atoms with E-state index < -0.39 is 4.92 Å². The van der Waals surface area contributed by atoms with Crippen molar-refractivity contribution in [2.45, 2.75) is 0 Å². The lowest BCUT2D eigenvalue weighted by Gasteiger charge is -2.36. The van der Waals surface area contributed by atoms with Crippen LogP contribution in [0.5, 0.6) is 0 Å². The molecule has 1 fully saturated rings. The van der Waals surface area contributed by atoms with Gasteiger partial charge in [-0.1, -0.05) is 11.6 Å². The molecule has 1 aromatic carbocycles. The van der Waals surface area contributed by atoms with Crippen LogP contribution in [0.3, 0.4) is 0 Å². The van der Waals surface area contributed by atoms with Crippen molar-refractivity contribution in [1.82, 2.24) is 15.4 Å². The molecule has 0 saturated carbocycles. The Bertz CT molecular complexity index is 806. The summed E-state index contributed by atoms with van der Waals surface area (Å²) in [5, 5.41) is 21.2. The molecular weight excluding hydrogens is 360 g/mol. The van der Waals surface area contributed by atoms with Gasteiger partial charge in [-0.3, -0.25) is 15.3 Å². The summed E-state index contributed by atoms with van der Waals surface area (Å²) in [6.07, 6.45) is 1.54. The molecule has 0 radical (unpaired) electrons. The van der Waals surface area contributed by atoms with Crippen molar-refractivity contribution in [2.75, 3.05) is 31.1 Å². The molecule has 136 valence electrons. The summed E-state index contributed by atoms with van der Waals surface area (Å²) in [6.45, 7) is 2.07. The first kappa shape index (κ1) is 17.9. The number of aromatic nitrogens is 1. The number of nitrogens with zero attached hydrogens (tertiary/aromatic N) is 5. The number of halogens is 1. The molecule has 1 aliphatic heterocycles. The van der Waals surface area contributed by atoms with Crippen molar-refractivity contribution in [1.29, 1.82) is 0 Å². The second-order valence-corrected chi connectivity index (χ2v) is 6.04. The fraction of sp³-hybridized carbons (Fsp3) is 0.250. The molecule has 1 aromatic heterocycles. The summed E-state index contributed by atoms with van der Waals surface area (Å²) >= 11 is 5.86. The molecular formula is C16H17ClN6O3. The Morgan fingerprint density at radius 2 is 1.92 bits per heavy atom. The number of nitrogens with one attached hydrogen (secondary N) is 1. The van der Waals surface area contributed by atoms with Gasteiger partial charge in [-0.2, -0.15) is 0 Å². The summed E-state index contributed by atoms with van der Waals surface area (Å²) < 4.78 is 0. The fourth-order valence-corrected chi connectivity index (χ4v) is 2.84. The maximum atomic E-state index is 11.2. The molecule has 1 aliphatic rings. The minimum absolute atomic E-state index is 0.0173. The average Bonchev–Trinajstić information content (AvgIpc) is 2.68. The van der Waals surface area contributed by atoms with Gasteiger partial charge in [-0.25, -0.2) is 15.5 Å². The van der Waals surface area contributed by atoms with Crippen molar-refractivity contribution < 1.29 is 10.1 Å². The molecule has 0 amide bonds. The SMILES string of the molecule is O=[N+]([O-])c1cccnc1N1CCN(C(=Nc2ccc(Cl)cc2)NO)CC1. The van der Waals surface area contributed by atoms with Crippen molar-refractivity contribution in [2.24, 2.45) is 4.99 Å². The van der Waals surface area contributed by atoms with Gasteiger partial charge in [0.15, 0.2) is 0 Å². The fourth-order valence-electron chi connectivity index (χ4n) is 2.71. The van der Waals surface area contributed by atoms with Crippen LogP contribution in [0.2, 0.25) is 5.02 Å². The first-order chi connectivity index (χ1) is 12.6. The minimum Gasteiger partial charge on any atom is -0.347 e. The lowest BCUT2D eigenvalue weighted by atomic mass is 10.3. The predicted molar refractivity (Wildman–Crippen MR) is 98.1 cm³/mol. The van der Waals surface area contributed by atoms with E-state index in [0.29, 0.717) is 48.7 Å². The van der Waals surface area contributed by atoms with Crippen LogP contribution in [0, 0.1) is 10.1 Å². The van der Waals surface area contributed by atoms with Crippen LogP contribution >= 0.6 is 11.6 Å². The molecule has 26 heavy (non-hydrogen) atoms. The Labute approximate surface area is 154 Å². The number of benzene rings is 1. The number of nitro groups is 1. The standard InChI is InChI=1S/C16H17ClN6O3/c17-12-3-5-13(6-4-12)19-16(20-24)22-10-8-21(9-11-22)15-14(23(25)26)2-1-7-18-15/h1-7,24H,8-11H2,(H,19,20). The van der Waals surface area contributed by atoms with Gasteiger partial charge in [0.05, 0.1) is 10.6 Å². The Kier molecular flexibility index (Phi) is 5.49. The molecule has 10 heteroatoms. The zero-order chi connectivity index (χ0) is 18.5. The van der Waals surface area contributed by atoms with Crippen LogP contribution in [0.15, 0.2) is 47.6 Å². The maximum absolute atomic E-state index is 11.2. The summed E-state index contributed by atoms with van der Waals surface area (Å²) in [7, 11) is 0. The van der Waals surface area contributed by atoms with Crippen LogP contribution in [0.4, 0.5) is 17.2 Å². The van der Waals surface area contributed by atoms with Crippen molar-refractivity contribution >= 4 is 34.8 Å². The molecule has 2 aromatic rings. The number of guanidine groups is 1. The highest BCUT2D eigenvalue weighted by Crippen LogP contribution is 2.25. The lowest BCUT2D eigenvalue weighted by Crippen LogP contribution is -2.52. The van der Waals surface area contributed by atoms with Gasteiger partial charge in [0.25, 0.3) is 0 Å². The Morgan fingerprint density at radius 3 is 2.54 bits per heavy atom. The van der Waals surface area contributed by atoms with Gasteiger partial charge in [0.1, 0.15) is 0 Å². The van der Waals surface area contributed by atoms with E-state index in [2.05, 4.69) is 15.5 Å². The second-order valence-electron chi connectivity index (χ2n) is 5.60. The van der Waals surface area contributed by atoms with Crippen LogP contribution < -0.4 is 10.4 Å². The summed E-state index contributed by atoms with van der Waals surface area (Å²) in [5.41, 5.74) is 2.75. The third-order valence-electron chi connectivity index (χ3n) is 4.00. The van der Waals surface area contributed by atoms with E-state index in [-0.39, 0.29) is 5.69 Å². The van der Waals surface area contributed by atoms with Gasteiger partial charge in [0, 0.05) is 43.5 Å². The Balaban J connectivity index is 1.71. The molecule has 0 aliphatic carbocycles. The van der Waals surface area contributed by atoms with Crippen molar-refractivity contribution in [3.63, 3.8) is 0 Å². The van der Waals surface area contributed by atoms with Gasteiger partial charge in [-0.05, 0) is 30.3 Å². The molecule has 0 spiro atoms. The second kappa shape index (κ2) is 7.98. The lowest BCUT2D eigenvalue weighted by molar-refractivity contribution is -0.384. The number of pyridine rings is 1.